The molecule has 0 radical (unpaired) electrons. The fourth-order valence-corrected chi connectivity index (χ4v) is 5.92. The predicted octanol–water partition coefficient (Wildman–Crippen LogP) is 6.22. The molecule has 5 nitrogen and oxygen atoms in total. The van der Waals surface area contributed by atoms with Crippen molar-refractivity contribution in [3.63, 3.8) is 0 Å². The lowest BCUT2D eigenvalue weighted by molar-refractivity contribution is 0.0697. The number of aromatic nitrogens is 2. The van der Waals surface area contributed by atoms with Crippen LogP contribution in [0.2, 0.25) is 0 Å². The van der Waals surface area contributed by atoms with E-state index in [0.717, 1.165) is 57.4 Å². The van der Waals surface area contributed by atoms with E-state index < -0.39 is 5.97 Å². The molecule has 0 spiro atoms. The van der Waals surface area contributed by atoms with Gasteiger partial charge in [-0.2, -0.15) is 5.26 Å². The van der Waals surface area contributed by atoms with Crippen molar-refractivity contribution in [1.29, 1.82) is 5.26 Å². The number of thioether (sulfide) groups is 1. The first-order chi connectivity index (χ1) is 16.1. The zero-order valence-electron chi connectivity index (χ0n) is 17.6. The van der Waals surface area contributed by atoms with E-state index in [0.29, 0.717) is 11.3 Å². The number of carbonyl (C=O) groups is 1. The SMILES string of the molecule is N#Cc1c(SCc2csc(-c3ccc(C(=O)O)cc3)n2)nc2c(c1-c1ccccc1)CCC2. The van der Waals surface area contributed by atoms with Crippen molar-refractivity contribution in [2.45, 2.75) is 30.0 Å². The van der Waals surface area contributed by atoms with Gasteiger partial charge in [0.05, 0.1) is 16.8 Å². The van der Waals surface area contributed by atoms with E-state index in [-0.39, 0.29) is 5.56 Å². The van der Waals surface area contributed by atoms with Gasteiger partial charge in [-0.25, -0.2) is 14.8 Å². The molecule has 5 rings (SSSR count). The molecule has 0 bridgehead atoms. The summed E-state index contributed by atoms with van der Waals surface area (Å²) < 4.78 is 0. The molecule has 0 unspecified atom stereocenters. The summed E-state index contributed by atoms with van der Waals surface area (Å²) in [6.45, 7) is 0. The minimum absolute atomic E-state index is 0.257. The van der Waals surface area contributed by atoms with Crippen LogP contribution in [0.1, 0.15) is 39.3 Å². The number of thiazole rings is 1. The number of carboxylic acid groups (broad SMARTS) is 1. The van der Waals surface area contributed by atoms with Crippen molar-refractivity contribution in [3.05, 3.63) is 88.1 Å². The summed E-state index contributed by atoms with van der Waals surface area (Å²) in [6.07, 6.45) is 2.97. The first-order valence-corrected chi connectivity index (χ1v) is 12.4. The van der Waals surface area contributed by atoms with E-state index in [1.54, 1.807) is 36.0 Å². The number of fused-ring (bicyclic) bond motifs is 1. The molecule has 0 saturated heterocycles. The Hall–Kier alpha value is -3.47. The summed E-state index contributed by atoms with van der Waals surface area (Å²) in [5.41, 5.74) is 7.11. The molecule has 0 amide bonds. The highest BCUT2D eigenvalue weighted by molar-refractivity contribution is 7.98. The summed E-state index contributed by atoms with van der Waals surface area (Å²) in [6, 6.07) is 19.3. The van der Waals surface area contributed by atoms with Crippen LogP contribution < -0.4 is 0 Å². The molecule has 162 valence electrons. The fraction of sp³-hybridized carbons (Fsp3) is 0.154. The maximum atomic E-state index is 11.1. The Bertz CT molecular complexity index is 1370. The highest BCUT2D eigenvalue weighted by Gasteiger charge is 2.24. The molecule has 4 aromatic rings. The normalized spacial score (nSPS) is 12.3. The van der Waals surface area contributed by atoms with Crippen LogP contribution in [-0.2, 0) is 18.6 Å². The summed E-state index contributed by atoms with van der Waals surface area (Å²) in [4.78, 5) is 20.7. The molecule has 1 aliphatic carbocycles. The van der Waals surface area contributed by atoms with Crippen molar-refractivity contribution >= 4 is 29.1 Å². The van der Waals surface area contributed by atoms with Crippen LogP contribution in [-0.4, -0.2) is 21.0 Å². The highest BCUT2D eigenvalue weighted by atomic mass is 32.2. The van der Waals surface area contributed by atoms with Crippen molar-refractivity contribution < 1.29 is 9.90 Å². The average molecular weight is 470 g/mol. The number of hydrogen-bond donors (Lipinski definition) is 1. The van der Waals surface area contributed by atoms with Gasteiger partial charge in [0, 0.05) is 28.0 Å². The van der Waals surface area contributed by atoms with Crippen LogP contribution in [0.3, 0.4) is 0 Å². The third kappa shape index (κ3) is 4.28. The minimum Gasteiger partial charge on any atom is -0.478 e. The van der Waals surface area contributed by atoms with Gasteiger partial charge in [0.1, 0.15) is 16.1 Å². The number of nitriles is 1. The number of carboxylic acids is 1. The van der Waals surface area contributed by atoms with Gasteiger partial charge in [-0.15, -0.1) is 11.3 Å². The molecule has 0 aliphatic heterocycles. The Morgan fingerprint density at radius 3 is 2.58 bits per heavy atom. The topological polar surface area (TPSA) is 86.9 Å². The zero-order valence-corrected chi connectivity index (χ0v) is 19.2. The van der Waals surface area contributed by atoms with Crippen molar-refractivity contribution in [2.24, 2.45) is 0 Å². The van der Waals surface area contributed by atoms with Gasteiger partial charge in [0.2, 0.25) is 0 Å². The lowest BCUT2D eigenvalue weighted by atomic mass is 9.95. The number of aryl methyl sites for hydroxylation is 1. The molecule has 2 aromatic carbocycles. The third-order valence-electron chi connectivity index (χ3n) is 5.65. The monoisotopic (exact) mass is 469 g/mol. The summed E-state index contributed by atoms with van der Waals surface area (Å²) in [5, 5.41) is 22.7. The molecular formula is C26H19N3O2S2. The van der Waals surface area contributed by atoms with Crippen LogP contribution >= 0.6 is 23.1 Å². The molecule has 0 atom stereocenters. The zero-order chi connectivity index (χ0) is 22.8. The van der Waals surface area contributed by atoms with Crippen LogP contribution in [0.15, 0.2) is 65.0 Å². The van der Waals surface area contributed by atoms with Crippen molar-refractivity contribution in [3.8, 4) is 27.8 Å². The second-order valence-electron chi connectivity index (χ2n) is 7.74. The summed E-state index contributed by atoms with van der Waals surface area (Å²) in [5.74, 6) is -0.332. The van der Waals surface area contributed by atoms with Crippen LogP contribution in [0.25, 0.3) is 21.7 Å². The largest absolute Gasteiger partial charge is 0.478 e. The first kappa shape index (κ1) is 21.4. The molecular weight excluding hydrogens is 450 g/mol. The van der Waals surface area contributed by atoms with E-state index in [9.17, 15) is 10.1 Å². The van der Waals surface area contributed by atoms with Gasteiger partial charge in [-0.05, 0) is 42.5 Å². The van der Waals surface area contributed by atoms with E-state index >= 15 is 0 Å². The molecule has 0 fully saturated rings. The number of hydrogen-bond acceptors (Lipinski definition) is 6. The fourth-order valence-electron chi connectivity index (χ4n) is 4.09. The molecule has 0 saturated carbocycles. The smallest absolute Gasteiger partial charge is 0.335 e. The van der Waals surface area contributed by atoms with Crippen LogP contribution in [0.5, 0.6) is 0 Å². The molecule has 1 aliphatic rings. The molecule has 2 heterocycles. The number of rotatable bonds is 6. The second kappa shape index (κ2) is 9.18. The Kier molecular flexibility index (Phi) is 5.95. The second-order valence-corrected chi connectivity index (χ2v) is 9.56. The molecule has 1 N–H and O–H groups in total. The van der Waals surface area contributed by atoms with E-state index in [4.69, 9.17) is 15.1 Å². The Morgan fingerprint density at radius 2 is 1.85 bits per heavy atom. The van der Waals surface area contributed by atoms with Crippen LogP contribution in [0.4, 0.5) is 0 Å². The van der Waals surface area contributed by atoms with Gasteiger partial charge < -0.3 is 5.11 Å². The molecule has 2 aromatic heterocycles. The predicted molar refractivity (Wildman–Crippen MR) is 130 cm³/mol. The third-order valence-corrected chi connectivity index (χ3v) is 7.60. The first-order valence-electron chi connectivity index (χ1n) is 10.6. The number of pyridine rings is 1. The van der Waals surface area contributed by atoms with Gasteiger partial charge in [0.25, 0.3) is 0 Å². The maximum Gasteiger partial charge on any atom is 0.335 e. The van der Waals surface area contributed by atoms with E-state index in [1.165, 1.54) is 16.9 Å². The van der Waals surface area contributed by atoms with Gasteiger partial charge in [0.15, 0.2) is 0 Å². The Labute approximate surface area is 199 Å². The van der Waals surface area contributed by atoms with Crippen LogP contribution in [0, 0.1) is 11.3 Å². The van der Waals surface area contributed by atoms with Crippen molar-refractivity contribution in [2.75, 3.05) is 0 Å². The molecule has 33 heavy (non-hydrogen) atoms. The van der Waals surface area contributed by atoms with Gasteiger partial charge >= 0.3 is 5.97 Å². The van der Waals surface area contributed by atoms with E-state index in [1.807, 2.05) is 23.6 Å². The number of aromatic carboxylic acids is 1. The summed E-state index contributed by atoms with van der Waals surface area (Å²) >= 11 is 3.07. The van der Waals surface area contributed by atoms with Gasteiger partial charge in [-0.1, -0.05) is 54.2 Å². The molecule has 7 heteroatoms. The Balaban J connectivity index is 1.42. The quantitative estimate of drug-likeness (QED) is 0.337. The minimum atomic E-state index is -0.942. The Morgan fingerprint density at radius 1 is 1.06 bits per heavy atom. The summed E-state index contributed by atoms with van der Waals surface area (Å²) in [7, 11) is 0. The highest BCUT2D eigenvalue weighted by Crippen LogP contribution is 2.39. The number of benzene rings is 2. The lowest BCUT2D eigenvalue weighted by Gasteiger charge is -2.14. The number of nitrogens with zero attached hydrogens (tertiary/aromatic N) is 3. The lowest BCUT2D eigenvalue weighted by Crippen LogP contribution is -2.00. The van der Waals surface area contributed by atoms with E-state index in [2.05, 4.69) is 18.2 Å². The maximum absolute atomic E-state index is 11.1. The standard InChI is InChI=1S/C26H19N3O2S2/c27-13-21-23(16-5-2-1-3-6-16)20-7-4-8-22(20)29-25(21)33-15-19-14-32-24(28-19)17-9-11-18(12-10-17)26(30)31/h1-3,5-6,9-12,14H,4,7-8,15H2,(H,30,31). The van der Waals surface area contributed by atoms with Crippen molar-refractivity contribution in [1.82, 2.24) is 9.97 Å². The average Bonchev–Trinajstić information content (AvgIpc) is 3.52. The van der Waals surface area contributed by atoms with Gasteiger partial charge in [-0.3, -0.25) is 0 Å².